The molecule has 4 rings (SSSR count). The number of hydrogen-bond donors (Lipinski definition) is 1. The van der Waals surface area contributed by atoms with Gasteiger partial charge in [-0.3, -0.25) is 4.98 Å². The molecule has 7 heteroatoms. The minimum absolute atomic E-state index is 0.0670. The fourth-order valence-corrected chi connectivity index (χ4v) is 4.28. The van der Waals surface area contributed by atoms with Crippen molar-refractivity contribution < 1.29 is 9.47 Å². The predicted molar refractivity (Wildman–Crippen MR) is 140 cm³/mol. The molecule has 0 saturated heterocycles. The number of nitrogens with zero attached hydrogens (tertiary/aromatic N) is 3. The minimum atomic E-state index is 0.0670. The Balaban J connectivity index is 1.49. The maximum absolute atomic E-state index is 6.09. The largest absolute Gasteiger partial charge is 0.493 e. The van der Waals surface area contributed by atoms with E-state index in [1.807, 2.05) is 43.6 Å². The zero-order chi connectivity index (χ0) is 23.9. The number of halogens is 1. The van der Waals surface area contributed by atoms with Crippen LogP contribution in [0.4, 0.5) is 5.82 Å². The molecule has 4 aromatic rings. The Labute approximate surface area is 208 Å². The Morgan fingerprint density at radius 3 is 2.59 bits per heavy atom. The maximum Gasteiger partial charge on any atom is 0.163 e. The van der Waals surface area contributed by atoms with Gasteiger partial charge in [-0.2, -0.15) is 0 Å². The van der Waals surface area contributed by atoms with Crippen molar-refractivity contribution in [3.05, 3.63) is 82.3 Å². The highest BCUT2D eigenvalue weighted by Gasteiger charge is 2.15. The monoisotopic (exact) mass is 520 g/mol. The molecule has 176 valence electrons. The topological polar surface area (TPSA) is 69.2 Å². The van der Waals surface area contributed by atoms with Crippen LogP contribution in [-0.2, 0) is 6.42 Å². The predicted octanol–water partition coefficient (Wildman–Crippen LogP) is 6.68. The number of nitrogens with one attached hydrogen (secondary N) is 1. The number of aryl methyl sites for hydroxylation is 2. The fraction of sp³-hybridized carbons (Fsp3) is 0.296. The van der Waals surface area contributed by atoms with E-state index in [-0.39, 0.29) is 6.04 Å². The minimum Gasteiger partial charge on any atom is -0.493 e. The van der Waals surface area contributed by atoms with Crippen molar-refractivity contribution in [2.24, 2.45) is 0 Å². The van der Waals surface area contributed by atoms with E-state index in [1.54, 1.807) is 7.11 Å². The molecule has 0 saturated carbocycles. The molecule has 0 radical (unpaired) electrons. The van der Waals surface area contributed by atoms with Crippen molar-refractivity contribution >= 4 is 32.7 Å². The van der Waals surface area contributed by atoms with E-state index in [2.05, 4.69) is 67.4 Å². The van der Waals surface area contributed by atoms with E-state index in [1.165, 1.54) is 5.56 Å². The molecule has 2 aromatic carbocycles. The van der Waals surface area contributed by atoms with Gasteiger partial charge < -0.3 is 14.8 Å². The summed E-state index contributed by atoms with van der Waals surface area (Å²) in [6.45, 7) is 4.63. The van der Waals surface area contributed by atoms with Crippen molar-refractivity contribution in [2.75, 3.05) is 19.0 Å². The molecular weight excluding hydrogens is 492 g/mol. The molecular formula is C27H29BrN4O2. The number of pyridine rings is 1. The van der Waals surface area contributed by atoms with Crippen molar-refractivity contribution in [1.29, 1.82) is 0 Å². The molecule has 0 spiro atoms. The molecule has 6 nitrogen and oxygen atoms in total. The van der Waals surface area contributed by atoms with Gasteiger partial charge in [0.1, 0.15) is 11.6 Å². The summed E-state index contributed by atoms with van der Waals surface area (Å²) in [6.07, 6.45) is 6.67. The molecule has 0 aliphatic heterocycles. The van der Waals surface area contributed by atoms with Crippen LogP contribution in [-0.4, -0.2) is 28.7 Å². The lowest BCUT2D eigenvalue weighted by Crippen LogP contribution is -2.10. The van der Waals surface area contributed by atoms with E-state index in [4.69, 9.17) is 9.47 Å². The third-order valence-electron chi connectivity index (χ3n) is 5.66. The van der Waals surface area contributed by atoms with Crippen LogP contribution in [0.1, 0.15) is 42.8 Å². The summed E-state index contributed by atoms with van der Waals surface area (Å²) in [6, 6.07) is 16.3. The molecule has 0 amide bonds. The second-order valence-corrected chi connectivity index (χ2v) is 9.14. The van der Waals surface area contributed by atoms with E-state index < -0.39 is 0 Å². The number of ether oxygens (including phenoxy) is 2. The van der Waals surface area contributed by atoms with Gasteiger partial charge in [0.25, 0.3) is 0 Å². The van der Waals surface area contributed by atoms with Gasteiger partial charge in [-0.25, -0.2) is 9.97 Å². The number of unbranched alkanes of at least 4 members (excludes halogenated alkanes) is 1. The highest BCUT2D eigenvalue weighted by molar-refractivity contribution is 9.10. The molecule has 0 bridgehead atoms. The van der Waals surface area contributed by atoms with Gasteiger partial charge in [0, 0.05) is 28.3 Å². The highest BCUT2D eigenvalue weighted by atomic mass is 79.9. The zero-order valence-electron chi connectivity index (χ0n) is 19.7. The molecule has 0 aliphatic carbocycles. The summed E-state index contributed by atoms with van der Waals surface area (Å²) in [5.74, 6) is 2.84. The molecule has 2 heterocycles. The van der Waals surface area contributed by atoms with Gasteiger partial charge in [0.05, 0.1) is 25.3 Å². The summed E-state index contributed by atoms with van der Waals surface area (Å²) >= 11 is 3.55. The molecule has 0 fully saturated rings. The van der Waals surface area contributed by atoms with Gasteiger partial charge in [-0.15, -0.1) is 0 Å². The van der Waals surface area contributed by atoms with Crippen LogP contribution in [0.2, 0.25) is 0 Å². The lowest BCUT2D eigenvalue weighted by atomic mass is 10.1. The van der Waals surface area contributed by atoms with Crippen molar-refractivity contribution in [2.45, 2.75) is 39.2 Å². The normalized spacial score (nSPS) is 11.9. The number of benzene rings is 2. The SMILES string of the molecule is COc1cc2c(NC(C)c3cccc(Br)c3)nc(C)nc2cc1OCCCCc1ccncc1. The van der Waals surface area contributed by atoms with Crippen LogP contribution >= 0.6 is 15.9 Å². The van der Waals surface area contributed by atoms with E-state index in [0.717, 1.165) is 46.0 Å². The number of fused-ring (bicyclic) bond motifs is 1. The van der Waals surface area contributed by atoms with Crippen molar-refractivity contribution in [3.8, 4) is 11.5 Å². The Morgan fingerprint density at radius 1 is 1.00 bits per heavy atom. The third-order valence-corrected chi connectivity index (χ3v) is 6.15. The summed E-state index contributed by atoms with van der Waals surface area (Å²) in [7, 11) is 1.66. The van der Waals surface area contributed by atoms with Gasteiger partial charge in [-0.1, -0.05) is 28.1 Å². The van der Waals surface area contributed by atoms with Crippen molar-refractivity contribution in [1.82, 2.24) is 15.0 Å². The van der Waals surface area contributed by atoms with E-state index in [9.17, 15) is 0 Å². The first-order valence-electron chi connectivity index (χ1n) is 11.4. The lowest BCUT2D eigenvalue weighted by Gasteiger charge is -2.18. The average molecular weight is 521 g/mol. The fourth-order valence-electron chi connectivity index (χ4n) is 3.86. The maximum atomic E-state index is 6.09. The third kappa shape index (κ3) is 6.03. The molecule has 1 N–H and O–H groups in total. The lowest BCUT2D eigenvalue weighted by molar-refractivity contribution is 0.287. The number of hydrogen-bond acceptors (Lipinski definition) is 6. The number of methoxy groups -OCH3 is 1. The van der Waals surface area contributed by atoms with Crippen LogP contribution in [0.5, 0.6) is 11.5 Å². The Morgan fingerprint density at radius 2 is 1.82 bits per heavy atom. The van der Waals surface area contributed by atoms with Crippen LogP contribution in [0.3, 0.4) is 0 Å². The van der Waals surface area contributed by atoms with Gasteiger partial charge in [0.2, 0.25) is 0 Å². The van der Waals surface area contributed by atoms with Crippen LogP contribution in [0.15, 0.2) is 65.4 Å². The standard InChI is InChI=1S/C27H29BrN4O2/c1-18(21-8-6-9-22(28)15-21)30-27-23-16-25(33-3)26(17-24(23)31-19(2)32-27)34-14-5-4-7-20-10-12-29-13-11-20/h6,8-13,15-18H,4-5,7,14H2,1-3H3,(H,30,31,32). The average Bonchev–Trinajstić information content (AvgIpc) is 2.84. The molecule has 1 unspecified atom stereocenters. The summed E-state index contributed by atoms with van der Waals surface area (Å²) in [5.41, 5.74) is 3.28. The second-order valence-electron chi connectivity index (χ2n) is 8.22. The van der Waals surface area contributed by atoms with Crippen LogP contribution in [0, 0.1) is 6.92 Å². The smallest absolute Gasteiger partial charge is 0.163 e. The van der Waals surface area contributed by atoms with Crippen molar-refractivity contribution in [3.63, 3.8) is 0 Å². The molecule has 34 heavy (non-hydrogen) atoms. The first kappa shape index (κ1) is 24.0. The summed E-state index contributed by atoms with van der Waals surface area (Å²) in [5, 5.41) is 4.44. The van der Waals surface area contributed by atoms with E-state index >= 15 is 0 Å². The molecule has 0 aliphatic rings. The van der Waals surface area contributed by atoms with E-state index in [0.29, 0.717) is 23.9 Å². The summed E-state index contributed by atoms with van der Waals surface area (Å²) < 4.78 is 12.8. The number of anilines is 1. The first-order valence-corrected chi connectivity index (χ1v) is 12.2. The number of rotatable bonds is 10. The summed E-state index contributed by atoms with van der Waals surface area (Å²) in [4.78, 5) is 13.4. The van der Waals surface area contributed by atoms with Gasteiger partial charge >= 0.3 is 0 Å². The van der Waals surface area contributed by atoms with Crippen LogP contribution < -0.4 is 14.8 Å². The quantitative estimate of drug-likeness (QED) is 0.235. The molecule has 1 atom stereocenters. The van der Waals surface area contributed by atoms with Gasteiger partial charge in [-0.05, 0) is 74.6 Å². The number of aromatic nitrogens is 3. The first-order chi connectivity index (χ1) is 16.5. The zero-order valence-corrected chi connectivity index (χ0v) is 21.3. The Hall–Kier alpha value is -3.19. The Bertz CT molecular complexity index is 1250. The van der Waals surface area contributed by atoms with Crippen LogP contribution in [0.25, 0.3) is 10.9 Å². The second kappa shape index (κ2) is 11.3. The highest BCUT2D eigenvalue weighted by Crippen LogP contribution is 2.35. The van der Waals surface area contributed by atoms with Gasteiger partial charge in [0.15, 0.2) is 11.5 Å². The Kier molecular flexibility index (Phi) is 7.95. The molecule has 2 aromatic heterocycles.